The quantitative estimate of drug-likeness (QED) is 0.846. The lowest BCUT2D eigenvalue weighted by molar-refractivity contribution is -0.125. The van der Waals surface area contributed by atoms with E-state index in [2.05, 4.69) is 15.5 Å². The number of hydrogen-bond donors (Lipinski definition) is 1. The number of rotatable bonds is 5. The number of nitrogens with zero attached hydrogens (tertiary/aromatic N) is 2. The second kappa shape index (κ2) is 7.92. The summed E-state index contributed by atoms with van der Waals surface area (Å²) < 4.78 is 16.4. The molecule has 0 radical (unpaired) electrons. The Kier molecular flexibility index (Phi) is 5.38. The smallest absolute Gasteiger partial charge is 0.237 e. The molecular formula is C19H23N3O4S. The van der Waals surface area contributed by atoms with Crippen LogP contribution in [-0.2, 0) is 19.7 Å². The largest absolute Gasteiger partial charge is 0.497 e. The van der Waals surface area contributed by atoms with Crippen LogP contribution >= 0.6 is 11.3 Å². The van der Waals surface area contributed by atoms with E-state index >= 15 is 0 Å². The van der Waals surface area contributed by atoms with Crippen LogP contribution in [0.5, 0.6) is 5.75 Å². The molecule has 1 atom stereocenters. The normalized spacial score (nSPS) is 21.7. The molecule has 1 N–H and O–H groups in total. The van der Waals surface area contributed by atoms with Gasteiger partial charge in [0, 0.05) is 19.8 Å². The van der Waals surface area contributed by atoms with Crippen LogP contribution in [0.3, 0.4) is 0 Å². The van der Waals surface area contributed by atoms with Crippen LogP contribution in [0, 0.1) is 0 Å². The van der Waals surface area contributed by atoms with Gasteiger partial charge in [0.15, 0.2) is 0 Å². The lowest BCUT2D eigenvalue weighted by Gasteiger charge is -2.36. The average molecular weight is 389 g/mol. The molecule has 7 nitrogen and oxygen atoms in total. The minimum atomic E-state index is -0.639. The van der Waals surface area contributed by atoms with Crippen LogP contribution in [0.4, 0.5) is 5.13 Å². The molecule has 4 rings (SSSR count). The SMILES string of the molecule is COc1ccc(C2(C(=O)Nc3nnc([C@H]4CCCO4)s3)CCOCC2)cc1. The van der Waals surface area contributed by atoms with E-state index in [9.17, 15) is 4.79 Å². The molecule has 0 saturated carbocycles. The fraction of sp³-hybridized carbons (Fsp3) is 0.526. The molecule has 2 aromatic rings. The van der Waals surface area contributed by atoms with Crippen molar-refractivity contribution >= 4 is 22.4 Å². The van der Waals surface area contributed by atoms with Gasteiger partial charge in [0.2, 0.25) is 11.0 Å². The van der Waals surface area contributed by atoms with E-state index in [1.807, 2.05) is 24.3 Å². The van der Waals surface area contributed by atoms with Gasteiger partial charge in [0.05, 0.1) is 12.5 Å². The van der Waals surface area contributed by atoms with Crippen LogP contribution in [-0.4, -0.2) is 43.0 Å². The van der Waals surface area contributed by atoms with E-state index in [4.69, 9.17) is 14.2 Å². The first-order valence-corrected chi connectivity index (χ1v) is 10.0. The number of amides is 1. The highest BCUT2D eigenvalue weighted by Gasteiger charge is 2.42. The first-order chi connectivity index (χ1) is 13.2. The van der Waals surface area contributed by atoms with Crippen LogP contribution in [0.25, 0.3) is 0 Å². The summed E-state index contributed by atoms with van der Waals surface area (Å²) in [5.41, 5.74) is 0.327. The van der Waals surface area contributed by atoms with Crippen molar-refractivity contribution in [1.82, 2.24) is 10.2 Å². The summed E-state index contributed by atoms with van der Waals surface area (Å²) in [6.07, 6.45) is 3.25. The number of hydrogen-bond acceptors (Lipinski definition) is 7. The van der Waals surface area contributed by atoms with Crippen molar-refractivity contribution in [3.8, 4) is 5.75 Å². The predicted octanol–water partition coefficient (Wildman–Crippen LogP) is 3.09. The minimum absolute atomic E-state index is 0.00628. The maximum atomic E-state index is 13.3. The van der Waals surface area contributed by atoms with Crippen LogP contribution in [0.2, 0.25) is 0 Å². The molecular weight excluding hydrogens is 366 g/mol. The Morgan fingerprint density at radius 2 is 2.00 bits per heavy atom. The van der Waals surface area contributed by atoms with Gasteiger partial charge in [-0.1, -0.05) is 23.5 Å². The lowest BCUT2D eigenvalue weighted by atomic mass is 9.73. The summed E-state index contributed by atoms with van der Waals surface area (Å²) in [6, 6.07) is 7.70. The number of benzene rings is 1. The standard InChI is InChI=1S/C19H23N3O4S/c1-24-14-6-4-13(5-7-14)19(8-11-25-12-9-19)17(23)20-18-22-21-16(27-18)15-3-2-10-26-15/h4-7,15H,2-3,8-12H2,1H3,(H,20,22,23)/t15-/m1/s1. The van der Waals surface area contributed by atoms with Crippen molar-refractivity contribution in [3.05, 3.63) is 34.8 Å². The van der Waals surface area contributed by atoms with Crippen molar-refractivity contribution < 1.29 is 19.0 Å². The molecule has 2 saturated heterocycles. The predicted molar refractivity (Wildman–Crippen MR) is 101 cm³/mol. The second-order valence-corrected chi connectivity index (χ2v) is 7.83. The van der Waals surface area contributed by atoms with Crippen molar-refractivity contribution in [2.24, 2.45) is 0 Å². The summed E-state index contributed by atoms with van der Waals surface area (Å²) in [4.78, 5) is 13.3. The number of anilines is 1. The average Bonchev–Trinajstić information content (AvgIpc) is 3.40. The topological polar surface area (TPSA) is 82.6 Å². The molecule has 1 aromatic carbocycles. The summed E-state index contributed by atoms with van der Waals surface area (Å²) in [5.74, 6) is 0.706. The Morgan fingerprint density at radius 3 is 2.67 bits per heavy atom. The summed E-state index contributed by atoms with van der Waals surface area (Å²) in [6.45, 7) is 1.86. The molecule has 144 valence electrons. The maximum absolute atomic E-state index is 13.3. The summed E-state index contributed by atoms with van der Waals surface area (Å²) in [7, 11) is 1.63. The van der Waals surface area contributed by atoms with Gasteiger partial charge in [0.1, 0.15) is 16.9 Å². The third kappa shape index (κ3) is 3.69. The second-order valence-electron chi connectivity index (χ2n) is 6.82. The van der Waals surface area contributed by atoms with Gasteiger partial charge in [-0.15, -0.1) is 10.2 Å². The van der Waals surface area contributed by atoms with E-state index in [1.54, 1.807) is 7.11 Å². The van der Waals surface area contributed by atoms with Crippen LogP contribution < -0.4 is 10.1 Å². The Balaban J connectivity index is 1.55. The molecule has 1 amide bonds. The molecule has 27 heavy (non-hydrogen) atoms. The number of ether oxygens (including phenoxy) is 3. The molecule has 2 aliphatic rings. The van der Waals surface area contributed by atoms with Gasteiger partial charge >= 0.3 is 0 Å². The number of carbonyl (C=O) groups excluding carboxylic acids is 1. The van der Waals surface area contributed by atoms with Crippen molar-refractivity contribution in [1.29, 1.82) is 0 Å². The van der Waals surface area contributed by atoms with E-state index in [-0.39, 0.29) is 12.0 Å². The minimum Gasteiger partial charge on any atom is -0.497 e. The van der Waals surface area contributed by atoms with Gasteiger partial charge < -0.3 is 14.2 Å². The summed E-state index contributed by atoms with van der Waals surface area (Å²) in [5, 5.41) is 12.7. The molecule has 0 unspecified atom stereocenters. The molecule has 0 bridgehead atoms. The number of nitrogens with one attached hydrogen (secondary N) is 1. The first kappa shape index (κ1) is 18.3. The Hall–Kier alpha value is -2.03. The molecule has 0 spiro atoms. The fourth-order valence-electron chi connectivity index (χ4n) is 3.68. The van der Waals surface area contributed by atoms with Gasteiger partial charge in [0.25, 0.3) is 0 Å². The van der Waals surface area contributed by atoms with Gasteiger partial charge in [-0.2, -0.15) is 0 Å². The van der Waals surface area contributed by atoms with E-state index in [1.165, 1.54) is 11.3 Å². The summed E-state index contributed by atoms with van der Waals surface area (Å²) >= 11 is 1.39. The van der Waals surface area contributed by atoms with E-state index in [0.717, 1.165) is 35.8 Å². The Bertz CT molecular complexity index is 781. The monoisotopic (exact) mass is 389 g/mol. The van der Waals surface area contributed by atoms with E-state index in [0.29, 0.717) is 31.2 Å². The zero-order valence-corrected chi connectivity index (χ0v) is 16.1. The van der Waals surface area contributed by atoms with Crippen molar-refractivity contribution in [2.45, 2.75) is 37.2 Å². The molecule has 1 aromatic heterocycles. The zero-order valence-electron chi connectivity index (χ0n) is 15.3. The molecule has 0 aliphatic carbocycles. The third-order valence-corrected chi connectivity index (χ3v) is 6.22. The van der Waals surface area contributed by atoms with Crippen molar-refractivity contribution in [3.63, 3.8) is 0 Å². The number of aromatic nitrogens is 2. The molecule has 2 fully saturated rings. The molecule has 8 heteroatoms. The highest BCUT2D eigenvalue weighted by Crippen LogP contribution is 2.38. The Morgan fingerprint density at radius 1 is 1.22 bits per heavy atom. The van der Waals surface area contributed by atoms with Gasteiger partial charge in [-0.3, -0.25) is 10.1 Å². The number of carbonyl (C=O) groups is 1. The van der Waals surface area contributed by atoms with Crippen LogP contribution in [0.15, 0.2) is 24.3 Å². The maximum Gasteiger partial charge on any atom is 0.237 e. The fourth-order valence-corrected chi connectivity index (χ4v) is 4.50. The highest BCUT2D eigenvalue weighted by atomic mass is 32.1. The molecule has 3 heterocycles. The third-order valence-electron chi connectivity index (χ3n) is 5.29. The van der Waals surface area contributed by atoms with E-state index < -0.39 is 5.41 Å². The first-order valence-electron chi connectivity index (χ1n) is 9.20. The highest BCUT2D eigenvalue weighted by molar-refractivity contribution is 7.15. The number of methoxy groups -OCH3 is 1. The Labute approximate surface area is 162 Å². The zero-order chi connectivity index (χ0) is 18.7. The van der Waals surface area contributed by atoms with Gasteiger partial charge in [-0.25, -0.2) is 0 Å². The van der Waals surface area contributed by atoms with Crippen molar-refractivity contribution in [2.75, 3.05) is 32.2 Å². The lowest BCUT2D eigenvalue weighted by Crippen LogP contribution is -2.44. The molecule has 2 aliphatic heterocycles. The van der Waals surface area contributed by atoms with Crippen LogP contribution in [0.1, 0.15) is 42.4 Å². The van der Waals surface area contributed by atoms with Gasteiger partial charge in [-0.05, 0) is 43.4 Å².